The lowest BCUT2D eigenvalue weighted by molar-refractivity contribution is -0.127. The SMILES string of the molecule is CCCC(C)C(=O)C(C)(N)CCC. The Morgan fingerprint density at radius 1 is 1.38 bits per heavy atom. The molecule has 0 saturated carbocycles. The predicted octanol–water partition coefficient (Wildman–Crippen LogP) is 2.51. The van der Waals surface area contributed by atoms with Crippen molar-refractivity contribution in [2.75, 3.05) is 0 Å². The average Bonchev–Trinajstić information content (AvgIpc) is 2.03. The number of carbonyl (C=O) groups excluding carboxylic acids is 1. The van der Waals surface area contributed by atoms with Crippen LogP contribution in [0.15, 0.2) is 0 Å². The highest BCUT2D eigenvalue weighted by Crippen LogP contribution is 2.18. The van der Waals surface area contributed by atoms with Gasteiger partial charge in [-0.3, -0.25) is 4.79 Å². The van der Waals surface area contributed by atoms with Crippen LogP contribution < -0.4 is 5.73 Å². The lowest BCUT2D eigenvalue weighted by Crippen LogP contribution is -2.47. The summed E-state index contributed by atoms with van der Waals surface area (Å²) in [7, 11) is 0. The summed E-state index contributed by atoms with van der Waals surface area (Å²) in [5.41, 5.74) is 5.34. The molecule has 0 aromatic rings. The molecule has 2 N–H and O–H groups in total. The number of rotatable bonds is 6. The number of carbonyl (C=O) groups is 1. The second kappa shape index (κ2) is 5.38. The summed E-state index contributed by atoms with van der Waals surface area (Å²) in [6.45, 7) is 7.98. The number of hydrogen-bond donors (Lipinski definition) is 1. The molecule has 2 unspecified atom stereocenters. The molecular formula is C11H23NO. The summed E-state index contributed by atoms with van der Waals surface area (Å²) < 4.78 is 0. The zero-order valence-electron chi connectivity index (χ0n) is 9.39. The van der Waals surface area contributed by atoms with Gasteiger partial charge in [-0.1, -0.05) is 33.6 Å². The highest BCUT2D eigenvalue weighted by Gasteiger charge is 2.30. The van der Waals surface area contributed by atoms with Crippen molar-refractivity contribution in [1.82, 2.24) is 0 Å². The number of hydrogen-bond acceptors (Lipinski definition) is 2. The summed E-state index contributed by atoms with van der Waals surface area (Å²) in [5, 5.41) is 0. The first-order chi connectivity index (χ1) is 5.95. The Balaban J connectivity index is 4.21. The molecule has 2 atom stereocenters. The van der Waals surface area contributed by atoms with Crippen molar-refractivity contribution in [1.29, 1.82) is 0 Å². The van der Waals surface area contributed by atoms with E-state index in [-0.39, 0.29) is 11.7 Å². The maximum atomic E-state index is 11.8. The molecule has 0 radical (unpaired) electrons. The third-order valence-corrected chi connectivity index (χ3v) is 2.50. The summed E-state index contributed by atoms with van der Waals surface area (Å²) in [4.78, 5) is 11.8. The summed E-state index contributed by atoms with van der Waals surface area (Å²) in [5.74, 6) is 0.336. The van der Waals surface area contributed by atoms with Gasteiger partial charge < -0.3 is 5.73 Å². The van der Waals surface area contributed by atoms with E-state index in [0.717, 1.165) is 25.7 Å². The predicted molar refractivity (Wildman–Crippen MR) is 56.6 cm³/mol. The van der Waals surface area contributed by atoms with Gasteiger partial charge in [-0.15, -0.1) is 0 Å². The molecule has 0 saturated heterocycles. The van der Waals surface area contributed by atoms with Crippen LogP contribution in [0.5, 0.6) is 0 Å². The minimum absolute atomic E-state index is 0.117. The van der Waals surface area contributed by atoms with Gasteiger partial charge in [-0.2, -0.15) is 0 Å². The summed E-state index contributed by atoms with van der Waals surface area (Å²) >= 11 is 0. The van der Waals surface area contributed by atoms with Crippen LogP contribution in [0, 0.1) is 5.92 Å². The van der Waals surface area contributed by atoms with Gasteiger partial charge in [0.15, 0.2) is 5.78 Å². The largest absolute Gasteiger partial charge is 0.319 e. The van der Waals surface area contributed by atoms with Crippen molar-refractivity contribution in [3.8, 4) is 0 Å². The van der Waals surface area contributed by atoms with E-state index >= 15 is 0 Å². The fraction of sp³-hybridized carbons (Fsp3) is 0.909. The van der Waals surface area contributed by atoms with Crippen LogP contribution in [-0.4, -0.2) is 11.3 Å². The van der Waals surface area contributed by atoms with Gasteiger partial charge in [0.2, 0.25) is 0 Å². The molecule has 0 fully saturated rings. The van der Waals surface area contributed by atoms with Crippen molar-refractivity contribution in [2.24, 2.45) is 11.7 Å². The van der Waals surface area contributed by atoms with Crippen LogP contribution in [-0.2, 0) is 4.79 Å². The molecule has 2 heteroatoms. The zero-order valence-corrected chi connectivity index (χ0v) is 9.39. The van der Waals surface area contributed by atoms with Gasteiger partial charge in [-0.05, 0) is 19.8 Å². The molecule has 0 aromatic carbocycles. The molecule has 13 heavy (non-hydrogen) atoms. The molecule has 0 aromatic heterocycles. The Labute approximate surface area is 81.9 Å². The lowest BCUT2D eigenvalue weighted by atomic mass is 9.84. The molecule has 0 amide bonds. The minimum atomic E-state index is -0.608. The van der Waals surface area contributed by atoms with E-state index in [4.69, 9.17) is 5.73 Å². The molecule has 0 rings (SSSR count). The Bertz CT molecular complexity index is 163. The molecule has 0 aliphatic rings. The van der Waals surface area contributed by atoms with Gasteiger partial charge in [0.05, 0.1) is 5.54 Å². The first-order valence-corrected chi connectivity index (χ1v) is 5.28. The van der Waals surface area contributed by atoms with Crippen LogP contribution in [0.1, 0.15) is 53.4 Å². The Hall–Kier alpha value is -0.370. The van der Waals surface area contributed by atoms with Gasteiger partial charge in [0, 0.05) is 5.92 Å². The monoisotopic (exact) mass is 185 g/mol. The van der Waals surface area contributed by atoms with E-state index in [9.17, 15) is 4.79 Å². The van der Waals surface area contributed by atoms with Gasteiger partial charge >= 0.3 is 0 Å². The fourth-order valence-electron chi connectivity index (χ4n) is 1.77. The van der Waals surface area contributed by atoms with Crippen molar-refractivity contribution in [3.05, 3.63) is 0 Å². The van der Waals surface area contributed by atoms with Crippen LogP contribution in [0.4, 0.5) is 0 Å². The highest BCUT2D eigenvalue weighted by molar-refractivity contribution is 5.89. The van der Waals surface area contributed by atoms with E-state index in [1.54, 1.807) is 0 Å². The molecule has 78 valence electrons. The number of ketones is 1. The molecule has 0 heterocycles. The van der Waals surface area contributed by atoms with Crippen molar-refractivity contribution in [2.45, 2.75) is 58.9 Å². The number of Topliss-reactive ketones (excluding diaryl/α,β-unsaturated/α-hetero) is 1. The Morgan fingerprint density at radius 3 is 2.31 bits per heavy atom. The maximum absolute atomic E-state index is 11.8. The first kappa shape index (κ1) is 12.6. The Morgan fingerprint density at radius 2 is 1.92 bits per heavy atom. The van der Waals surface area contributed by atoms with Crippen molar-refractivity contribution < 1.29 is 4.79 Å². The first-order valence-electron chi connectivity index (χ1n) is 5.28. The van der Waals surface area contributed by atoms with E-state index in [2.05, 4.69) is 13.8 Å². The molecule has 0 bridgehead atoms. The van der Waals surface area contributed by atoms with Gasteiger partial charge in [0.25, 0.3) is 0 Å². The van der Waals surface area contributed by atoms with Crippen molar-refractivity contribution >= 4 is 5.78 Å². The second-order valence-corrected chi connectivity index (χ2v) is 4.22. The van der Waals surface area contributed by atoms with E-state index in [1.165, 1.54) is 0 Å². The summed E-state index contributed by atoms with van der Waals surface area (Å²) in [6, 6.07) is 0. The van der Waals surface area contributed by atoms with Crippen molar-refractivity contribution in [3.63, 3.8) is 0 Å². The molecule has 0 spiro atoms. The third-order valence-electron chi connectivity index (χ3n) is 2.50. The van der Waals surface area contributed by atoms with Crippen LogP contribution in [0.25, 0.3) is 0 Å². The fourth-order valence-corrected chi connectivity index (χ4v) is 1.77. The summed E-state index contributed by atoms with van der Waals surface area (Å²) in [6.07, 6.45) is 3.77. The minimum Gasteiger partial charge on any atom is -0.319 e. The van der Waals surface area contributed by atoms with Gasteiger partial charge in [0.1, 0.15) is 0 Å². The topological polar surface area (TPSA) is 43.1 Å². The van der Waals surface area contributed by atoms with E-state index < -0.39 is 5.54 Å². The van der Waals surface area contributed by atoms with E-state index in [1.807, 2.05) is 13.8 Å². The zero-order chi connectivity index (χ0) is 10.5. The average molecular weight is 185 g/mol. The van der Waals surface area contributed by atoms with Crippen LogP contribution >= 0.6 is 0 Å². The smallest absolute Gasteiger partial charge is 0.155 e. The highest BCUT2D eigenvalue weighted by atomic mass is 16.1. The van der Waals surface area contributed by atoms with Crippen LogP contribution in [0.2, 0.25) is 0 Å². The Kier molecular flexibility index (Phi) is 5.23. The third kappa shape index (κ3) is 3.90. The normalized spacial score (nSPS) is 17.9. The number of nitrogens with two attached hydrogens (primary N) is 1. The quantitative estimate of drug-likeness (QED) is 0.691. The lowest BCUT2D eigenvalue weighted by Gasteiger charge is -2.25. The van der Waals surface area contributed by atoms with Crippen LogP contribution in [0.3, 0.4) is 0 Å². The molecular weight excluding hydrogens is 162 g/mol. The van der Waals surface area contributed by atoms with Gasteiger partial charge in [-0.25, -0.2) is 0 Å². The molecule has 0 aliphatic heterocycles. The molecule has 0 aliphatic carbocycles. The van der Waals surface area contributed by atoms with E-state index in [0.29, 0.717) is 0 Å². The second-order valence-electron chi connectivity index (χ2n) is 4.22. The molecule has 2 nitrogen and oxygen atoms in total. The maximum Gasteiger partial charge on any atom is 0.155 e. The standard InChI is InChI=1S/C11H23NO/c1-5-7-9(3)10(13)11(4,12)8-6-2/h9H,5-8,12H2,1-4H3.